The molecule has 4 rings (SSSR count). The Labute approximate surface area is 201 Å². The van der Waals surface area contributed by atoms with E-state index in [4.69, 9.17) is 9.47 Å². The van der Waals surface area contributed by atoms with Gasteiger partial charge < -0.3 is 18.6 Å². The molecule has 0 aromatic heterocycles. The Morgan fingerprint density at radius 3 is 2.43 bits per heavy atom. The van der Waals surface area contributed by atoms with Crippen LogP contribution in [-0.4, -0.2) is 37.8 Å². The first-order valence-corrected chi connectivity index (χ1v) is 12.3. The fourth-order valence-electron chi connectivity index (χ4n) is 4.11. The van der Waals surface area contributed by atoms with Gasteiger partial charge in [-0.3, -0.25) is 4.79 Å². The summed E-state index contributed by atoms with van der Waals surface area (Å²) in [4.78, 5) is 14.9. The van der Waals surface area contributed by atoms with Crippen LogP contribution in [0.25, 0.3) is 0 Å². The second-order valence-electron chi connectivity index (χ2n) is 8.70. The molecule has 2 atom stereocenters. The highest BCUT2D eigenvalue weighted by Crippen LogP contribution is 2.39. The van der Waals surface area contributed by atoms with Crippen molar-refractivity contribution in [3.63, 3.8) is 0 Å². The molecule has 2 aromatic carbocycles. The number of amides is 1. The number of alkyl halides is 3. The minimum Gasteiger partial charge on any atom is -0.374 e. The second-order valence-corrected chi connectivity index (χ2v) is 10.2. The molecule has 0 radical (unpaired) electrons. The molecular formula is C24H24F3NO6S. The van der Waals surface area contributed by atoms with E-state index in [1.54, 1.807) is 50.3 Å². The third-order valence-corrected chi connectivity index (χ3v) is 6.59. The molecule has 1 fully saturated rings. The smallest absolute Gasteiger partial charge is 0.374 e. The Morgan fingerprint density at radius 2 is 1.74 bits per heavy atom. The molecule has 0 unspecified atom stereocenters. The average molecular weight is 512 g/mol. The molecular weight excluding hydrogens is 487 g/mol. The molecule has 0 spiro atoms. The van der Waals surface area contributed by atoms with Gasteiger partial charge in [0.05, 0.1) is 18.3 Å². The first-order valence-electron chi connectivity index (χ1n) is 10.9. The lowest BCUT2D eigenvalue weighted by Gasteiger charge is -2.28. The van der Waals surface area contributed by atoms with Gasteiger partial charge in [0.1, 0.15) is 6.10 Å². The number of para-hydroxylation sites is 2. The van der Waals surface area contributed by atoms with Crippen molar-refractivity contribution in [2.24, 2.45) is 0 Å². The number of benzene rings is 2. The van der Waals surface area contributed by atoms with Crippen molar-refractivity contribution in [2.45, 2.75) is 56.7 Å². The van der Waals surface area contributed by atoms with Crippen molar-refractivity contribution < 1.29 is 40.0 Å². The SMILES string of the molecule is CC1(C)O[C@@H]2C=C(C(=O)N(Cc3ccccc3)c3ccccc3OS(=O)(=O)C(F)(F)F)CC[C@H]2O1. The van der Waals surface area contributed by atoms with Crippen LogP contribution in [-0.2, 0) is 30.9 Å². The zero-order chi connectivity index (χ0) is 25.4. The van der Waals surface area contributed by atoms with Crippen LogP contribution in [0.5, 0.6) is 5.75 Å². The van der Waals surface area contributed by atoms with Gasteiger partial charge in [-0.25, -0.2) is 0 Å². The molecule has 7 nitrogen and oxygen atoms in total. The molecule has 1 heterocycles. The summed E-state index contributed by atoms with van der Waals surface area (Å²) in [6.07, 6.45) is 1.88. The predicted octanol–water partition coefficient (Wildman–Crippen LogP) is 4.69. The van der Waals surface area contributed by atoms with Gasteiger partial charge >= 0.3 is 15.6 Å². The number of anilines is 1. The van der Waals surface area contributed by atoms with Crippen LogP contribution in [0.3, 0.4) is 0 Å². The van der Waals surface area contributed by atoms with Gasteiger partial charge in [0.15, 0.2) is 11.5 Å². The second kappa shape index (κ2) is 9.29. The zero-order valence-electron chi connectivity index (χ0n) is 19.0. The fraction of sp³-hybridized carbons (Fsp3) is 0.375. The maximum absolute atomic E-state index is 13.7. The maximum Gasteiger partial charge on any atom is 0.534 e. The van der Waals surface area contributed by atoms with Gasteiger partial charge in [0, 0.05) is 5.57 Å². The first-order chi connectivity index (χ1) is 16.4. The summed E-state index contributed by atoms with van der Waals surface area (Å²) >= 11 is 0. The normalized spacial score (nSPS) is 21.7. The van der Waals surface area contributed by atoms with Crippen LogP contribution in [0.15, 0.2) is 66.2 Å². The summed E-state index contributed by atoms with van der Waals surface area (Å²) in [7, 11) is -5.94. The quantitative estimate of drug-likeness (QED) is 0.414. The predicted molar refractivity (Wildman–Crippen MR) is 121 cm³/mol. The van der Waals surface area contributed by atoms with E-state index in [2.05, 4.69) is 4.18 Å². The molecule has 188 valence electrons. The lowest BCUT2D eigenvalue weighted by molar-refractivity contribution is -0.142. The van der Waals surface area contributed by atoms with Gasteiger partial charge in [0.2, 0.25) is 0 Å². The van der Waals surface area contributed by atoms with Crippen LogP contribution >= 0.6 is 0 Å². The van der Waals surface area contributed by atoms with Crippen molar-refractivity contribution in [3.8, 4) is 5.75 Å². The standard InChI is InChI=1S/C24H24F3NO6S/c1-23(2)32-20-13-12-17(14-21(20)33-23)22(29)28(15-16-8-4-3-5-9-16)18-10-6-7-11-19(18)34-35(30,31)24(25,26)27/h3-11,14,20-21H,12-13,15H2,1-2H3/t20-,21-/m1/s1. The van der Waals surface area contributed by atoms with Crippen LogP contribution in [0.2, 0.25) is 0 Å². The zero-order valence-corrected chi connectivity index (χ0v) is 19.8. The average Bonchev–Trinajstić information content (AvgIpc) is 3.10. The van der Waals surface area contributed by atoms with Crippen LogP contribution in [0, 0.1) is 0 Å². The van der Waals surface area contributed by atoms with Crippen LogP contribution in [0.4, 0.5) is 18.9 Å². The highest BCUT2D eigenvalue weighted by molar-refractivity contribution is 7.88. The number of fused-ring (bicyclic) bond motifs is 1. The molecule has 0 saturated carbocycles. The van der Waals surface area contributed by atoms with Crippen molar-refractivity contribution in [1.82, 2.24) is 0 Å². The minimum atomic E-state index is -5.94. The van der Waals surface area contributed by atoms with Gasteiger partial charge in [-0.15, -0.1) is 0 Å². The number of carbonyl (C=O) groups is 1. The largest absolute Gasteiger partial charge is 0.534 e. The van der Waals surface area contributed by atoms with E-state index in [0.717, 1.165) is 6.07 Å². The van der Waals surface area contributed by atoms with E-state index in [9.17, 15) is 26.4 Å². The van der Waals surface area contributed by atoms with Gasteiger partial charge in [-0.1, -0.05) is 42.5 Å². The van der Waals surface area contributed by atoms with Gasteiger partial charge in [-0.2, -0.15) is 21.6 Å². The Hall–Kier alpha value is -2.89. The number of halogens is 3. The summed E-state index contributed by atoms with van der Waals surface area (Å²) in [6, 6.07) is 14.0. The first kappa shape index (κ1) is 25.2. The molecule has 1 saturated heterocycles. The summed E-state index contributed by atoms with van der Waals surface area (Å²) in [5.41, 5.74) is -4.66. The molecule has 2 aliphatic rings. The number of carbonyl (C=O) groups excluding carboxylic acids is 1. The molecule has 1 aliphatic carbocycles. The summed E-state index contributed by atoms with van der Waals surface area (Å²) in [5, 5.41) is 0. The lowest BCUT2D eigenvalue weighted by Crippen LogP contribution is -2.36. The molecule has 0 bridgehead atoms. The van der Waals surface area contributed by atoms with Crippen LogP contribution in [0.1, 0.15) is 32.3 Å². The Kier molecular flexibility index (Phi) is 6.69. The van der Waals surface area contributed by atoms with E-state index in [0.29, 0.717) is 24.0 Å². The highest BCUT2D eigenvalue weighted by Gasteiger charge is 2.49. The van der Waals surface area contributed by atoms with Crippen molar-refractivity contribution in [3.05, 3.63) is 71.8 Å². The summed E-state index contributed by atoms with van der Waals surface area (Å²) < 4.78 is 78.6. The lowest BCUT2D eigenvalue weighted by atomic mass is 9.94. The van der Waals surface area contributed by atoms with E-state index < -0.39 is 39.2 Å². The maximum atomic E-state index is 13.7. The minimum absolute atomic E-state index is 0.0274. The number of hydrogen-bond acceptors (Lipinski definition) is 6. The molecule has 1 amide bonds. The summed E-state index contributed by atoms with van der Waals surface area (Å²) in [5.74, 6) is -1.91. The van der Waals surface area contributed by atoms with E-state index >= 15 is 0 Å². The third-order valence-electron chi connectivity index (χ3n) is 5.63. The molecule has 0 N–H and O–H groups in total. The number of nitrogens with zero attached hydrogens (tertiary/aromatic N) is 1. The van der Waals surface area contributed by atoms with E-state index in [1.165, 1.54) is 23.1 Å². The molecule has 11 heteroatoms. The van der Waals surface area contributed by atoms with Crippen molar-refractivity contribution in [2.75, 3.05) is 4.90 Å². The van der Waals surface area contributed by atoms with E-state index in [1.807, 2.05) is 0 Å². The van der Waals surface area contributed by atoms with E-state index in [-0.39, 0.29) is 18.3 Å². The third kappa shape index (κ3) is 5.52. The molecule has 1 aliphatic heterocycles. The number of hydrogen-bond donors (Lipinski definition) is 0. The van der Waals surface area contributed by atoms with Crippen molar-refractivity contribution in [1.29, 1.82) is 0 Å². The number of ether oxygens (including phenoxy) is 2. The number of rotatable bonds is 6. The fourth-order valence-corrected chi connectivity index (χ4v) is 4.58. The highest BCUT2D eigenvalue weighted by atomic mass is 32.2. The Bertz CT molecular complexity index is 1230. The topological polar surface area (TPSA) is 82.1 Å². The van der Waals surface area contributed by atoms with Crippen LogP contribution < -0.4 is 9.08 Å². The van der Waals surface area contributed by atoms with Gasteiger partial charge in [-0.05, 0) is 50.5 Å². The van der Waals surface area contributed by atoms with Gasteiger partial charge in [0.25, 0.3) is 5.91 Å². The molecule has 2 aromatic rings. The monoisotopic (exact) mass is 511 g/mol. The van der Waals surface area contributed by atoms with Crippen molar-refractivity contribution >= 4 is 21.7 Å². The Morgan fingerprint density at radius 1 is 1.09 bits per heavy atom. The Balaban J connectivity index is 1.72. The summed E-state index contributed by atoms with van der Waals surface area (Å²) in [6.45, 7) is 3.52. The molecule has 35 heavy (non-hydrogen) atoms.